The third-order valence-electron chi connectivity index (χ3n) is 2.30. The third kappa shape index (κ3) is 4.45. The average Bonchev–Trinajstić information content (AvgIpc) is 2.35. The number of hydrogen-bond acceptors (Lipinski definition) is 3. The summed E-state index contributed by atoms with van der Waals surface area (Å²) in [5, 5.41) is 2.30. The van der Waals surface area contributed by atoms with Gasteiger partial charge < -0.3 is 10.2 Å². The highest BCUT2D eigenvalue weighted by Crippen LogP contribution is 2.23. The number of anilines is 1. The number of carbonyl (C=O) groups is 2. The normalized spacial score (nSPS) is 11.1. The molecule has 0 saturated carbocycles. The van der Waals surface area contributed by atoms with E-state index < -0.39 is 18.2 Å². The summed E-state index contributed by atoms with van der Waals surface area (Å²) in [6.07, 6.45) is -5.16. The summed E-state index contributed by atoms with van der Waals surface area (Å²) in [4.78, 5) is 25.4. The van der Waals surface area contributed by atoms with Crippen LogP contribution in [-0.2, 0) is 9.63 Å². The van der Waals surface area contributed by atoms with E-state index in [4.69, 9.17) is 0 Å². The highest BCUT2D eigenvalue weighted by atomic mass is 19.4. The Bertz CT molecular complexity index is 501. The van der Waals surface area contributed by atoms with Crippen LogP contribution in [-0.4, -0.2) is 18.2 Å². The molecule has 20 heavy (non-hydrogen) atoms. The zero-order valence-corrected chi connectivity index (χ0v) is 10.7. The van der Waals surface area contributed by atoms with Crippen molar-refractivity contribution in [2.75, 3.05) is 5.32 Å². The number of para-hydroxylation sites is 1. The molecule has 110 valence electrons. The quantitative estimate of drug-likeness (QED) is 0.823. The van der Waals surface area contributed by atoms with E-state index in [2.05, 4.69) is 10.2 Å². The van der Waals surface area contributed by atoms with Gasteiger partial charge in [0, 0.05) is 5.69 Å². The van der Waals surface area contributed by atoms with Gasteiger partial charge in [0.1, 0.15) is 0 Å². The molecule has 2 amide bonds. The van der Waals surface area contributed by atoms with Crippen LogP contribution in [0.5, 0.6) is 0 Å². The zero-order chi connectivity index (χ0) is 15.3. The fraction of sp³-hybridized carbons (Fsp3) is 0.333. The Hall–Kier alpha value is -2.25. The standard InChI is InChI=1S/C12H13F3N2O3/c1-7(2)8-5-3-4-6-9(8)16-11(19)17-20-10(18)12(13,14)15/h3-7H,1-2H3,(H2,16,17,19). The molecule has 1 rings (SSSR count). The molecular formula is C12H13F3N2O3. The number of hydrogen-bond donors (Lipinski definition) is 2. The van der Waals surface area contributed by atoms with Crippen molar-refractivity contribution in [3.05, 3.63) is 29.8 Å². The first-order valence-corrected chi connectivity index (χ1v) is 5.65. The molecule has 2 N–H and O–H groups in total. The van der Waals surface area contributed by atoms with E-state index in [0.717, 1.165) is 5.56 Å². The molecule has 5 nitrogen and oxygen atoms in total. The van der Waals surface area contributed by atoms with Crippen molar-refractivity contribution in [1.29, 1.82) is 0 Å². The van der Waals surface area contributed by atoms with Crippen molar-refractivity contribution >= 4 is 17.7 Å². The molecule has 0 aromatic heterocycles. The van der Waals surface area contributed by atoms with Gasteiger partial charge in [0.25, 0.3) is 0 Å². The molecule has 0 heterocycles. The van der Waals surface area contributed by atoms with Crippen molar-refractivity contribution in [3.63, 3.8) is 0 Å². The second-order valence-corrected chi connectivity index (χ2v) is 4.19. The number of nitrogens with one attached hydrogen (secondary N) is 2. The molecule has 0 saturated heterocycles. The molecule has 0 aliphatic rings. The van der Waals surface area contributed by atoms with Crippen molar-refractivity contribution in [3.8, 4) is 0 Å². The summed E-state index contributed by atoms with van der Waals surface area (Å²) in [5.74, 6) is -2.39. The van der Waals surface area contributed by atoms with Gasteiger partial charge >= 0.3 is 18.2 Å². The molecule has 1 aromatic rings. The summed E-state index contributed by atoms with van der Waals surface area (Å²) in [6.45, 7) is 3.78. The van der Waals surface area contributed by atoms with E-state index in [-0.39, 0.29) is 5.92 Å². The van der Waals surface area contributed by atoms with Crippen molar-refractivity contribution in [1.82, 2.24) is 5.48 Å². The highest BCUT2D eigenvalue weighted by molar-refractivity contribution is 5.90. The molecule has 0 aliphatic carbocycles. The Balaban J connectivity index is 2.62. The number of rotatable bonds is 2. The maximum atomic E-state index is 11.9. The molecule has 1 aromatic carbocycles. The van der Waals surface area contributed by atoms with Crippen LogP contribution in [0.25, 0.3) is 0 Å². The lowest BCUT2D eigenvalue weighted by Crippen LogP contribution is -2.36. The van der Waals surface area contributed by atoms with E-state index in [9.17, 15) is 22.8 Å². The number of amides is 2. The molecule has 0 bridgehead atoms. The summed E-state index contributed by atoms with van der Waals surface area (Å²) in [6, 6.07) is 5.70. The van der Waals surface area contributed by atoms with E-state index in [1.54, 1.807) is 24.3 Å². The molecule has 0 unspecified atom stereocenters. The minimum absolute atomic E-state index is 0.101. The molecule has 0 fully saturated rings. The predicted octanol–water partition coefficient (Wildman–Crippen LogP) is 2.95. The van der Waals surface area contributed by atoms with Gasteiger partial charge in [0.15, 0.2) is 0 Å². The van der Waals surface area contributed by atoms with Crippen LogP contribution in [0.15, 0.2) is 24.3 Å². The van der Waals surface area contributed by atoms with Gasteiger partial charge in [0.2, 0.25) is 0 Å². The summed E-state index contributed by atoms with van der Waals surface area (Å²) in [5.41, 5.74) is 2.60. The van der Waals surface area contributed by atoms with Crippen LogP contribution < -0.4 is 10.8 Å². The van der Waals surface area contributed by atoms with Gasteiger partial charge in [-0.25, -0.2) is 9.59 Å². The summed E-state index contributed by atoms with van der Waals surface area (Å²) >= 11 is 0. The summed E-state index contributed by atoms with van der Waals surface area (Å²) in [7, 11) is 0. The van der Waals surface area contributed by atoms with E-state index in [1.807, 2.05) is 13.8 Å². The Morgan fingerprint density at radius 2 is 1.80 bits per heavy atom. The van der Waals surface area contributed by atoms with Gasteiger partial charge in [0.05, 0.1) is 0 Å². The lowest BCUT2D eigenvalue weighted by atomic mass is 10.0. The molecular weight excluding hydrogens is 277 g/mol. The van der Waals surface area contributed by atoms with Gasteiger partial charge in [-0.3, -0.25) is 0 Å². The predicted molar refractivity (Wildman–Crippen MR) is 64.8 cm³/mol. The third-order valence-corrected chi connectivity index (χ3v) is 2.30. The van der Waals surface area contributed by atoms with Crippen LogP contribution >= 0.6 is 0 Å². The first kappa shape index (κ1) is 15.8. The van der Waals surface area contributed by atoms with E-state index in [0.29, 0.717) is 5.69 Å². The number of hydroxylamine groups is 1. The van der Waals surface area contributed by atoms with Gasteiger partial charge in [-0.1, -0.05) is 32.0 Å². The number of urea groups is 1. The van der Waals surface area contributed by atoms with Crippen molar-refractivity contribution in [2.24, 2.45) is 0 Å². The van der Waals surface area contributed by atoms with Gasteiger partial charge in [-0.05, 0) is 17.5 Å². The molecule has 0 atom stereocenters. The first-order chi connectivity index (χ1) is 9.21. The maximum absolute atomic E-state index is 11.9. The number of alkyl halides is 3. The van der Waals surface area contributed by atoms with Crippen molar-refractivity contribution < 1.29 is 27.6 Å². The van der Waals surface area contributed by atoms with Crippen LogP contribution in [0.2, 0.25) is 0 Å². The number of benzene rings is 1. The number of halogens is 3. The zero-order valence-electron chi connectivity index (χ0n) is 10.7. The maximum Gasteiger partial charge on any atom is 0.493 e. The van der Waals surface area contributed by atoms with Crippen LogP contribution in [0.4, 0.5) is 23.7 Å². The average molecular weight is 290 g/mol. The van der Waals surface area contributed by atoms with Crippen LogP contribution in [0.1, 0.15) is 25.3 Å². The van der Waals surface area contributed by atoms with Gasteiger partial charge in [-0.2, -0.15) is 18.7 Å². The molecule has 0 radical (unpaired) electrons. The minimum Gasteiger partial charge on any atom is -0.331 e. The highest BCUT2D eigenvalue weighted by Gasteiger charge is 2.42. The lowest BCUT2D eigenvalue weighted by Gasteiger charge is -2.14. The second-order valence-electron chi connectivity index (χ2n) is 4.19. The topological polar surface area (TPSA) is 67.4 Å². The summed E-state index contributed by atoms with van der Waals surface area (Å²) < 4.78 is 35.6. The fourth-order valence-electron chi connectivity index (χ4n) is 1.41. The van der Waals surface area contributed by atoms with Gasteiger partial charge in [-0.15, -0.1) is 0 Å². The molecule has 0 aliphatic heterocycles. The first-order valence-electron chi connectivity index (χ1n) is 5.65. The van der Waals surface area contributed by atoms with E-state index in [1.165, 1.54) is 5.48 Å². The van der Waals surface area contributed by atoms with Crippen molar-refractivity contribution in [2.45, 2.75) is 25.9 Å². The molecule has 0 spiro atoms. The Kier molecular flexibility index (Phi) is 4.95. The second kappa shape index (κ2) is 6.27. The van der Waals surface area contributed by atoms with Crippen LogP contribution in [0.3, 0.4) is 0 Å². The minimum atomic E-state index is -5.16. The monoisotopic (exact) mass is 290 g/mol. The van der Waals surface area contributed by atoms with Crippen LogP contribution in [0, 0.1) is 0 Å². The number of carbonyl (C=O) groups excluding carboxylic acids is 2. The Morgan fingerprint density at radius 1 is 1.20 bits per heavy atom. The Labute approximate surface area is 113 Å². The SMILES string of the molecule is CC(C)c1ccccc1NC(=O)NOC(=O)C(F)(F)F. The fourth-order valence-corrected chi connectivity index (χ4v) is 1.41. The molecule has 8 heteroatoms. The smallest absolute Gasteiger partial charge is 0.331 e. The largest absolute Gasteiger partial charge is 0.493 e. The lowest BCUT2D eigenvalue weighted by molar-refractivity contribution is -0.204. The Morgan fingerprint density at radius 3 is 2.35 bits per heavy atom. The van der Waals surface area contributed by atoms with E-state index >= 15 is 0 Å².